The average Bonchev–Trinajstić information content (AvgIpc) is 2.19. The quantitative estimate of drug-likeness (QED) is 0.831. The molecule has 8 heteroatoms. The summed E-state index contributed by atoms with van der Waals surface area (Å²) in [6.07, 6.45) is 0. The van der Waals surface area contributed by atoms with Crippen LogP contribution in [0.2, 0.25) is 0 Å². The number of primary sulfonamides is 1. The highest BCUT2D eigenvalue weighted by Gasteiger charge is 2.13. The van der Waals surface area contributed by atoms with Crippen LogP contribution in [0.3, 0.4) is 0 Å². The predicted octanol–water partition coefficient (Wildman–Crippen LogP) is 0.404. The fourth-order valence-electron chi connectivity index (χ4n) is 1.13. The van der Waals surface area contributed by atoms with Crippen LogP contribution in [0.1, 0.15) is 12.5 Å². The molecule has 0 saturated carbocycles. The van der Waals surface area contributed by atoms with Crippen molar-refractivity contribution in [2.24, 2.45) is 5.14 Å². The lowest BCUT2D eigenvalue weighted by atomic mass is 10.2. The molecule has 0 aromatic heterocycles. The van der Waals surface area contributed by atoms with Gasteiger partial charge in [-0.15, -0.1) is 0 Å². The minimum atomic E-state index is -3.84. The Bertz CT molecular complexity index is 620. The van der Waals surface area contributed by atoms with Crippen LogP contribution in [0.5, 0.6) is 0 Å². The minimum absolute atomic E-state index is 0.0912. The molecule has 1 rings (SSSR count). The van der Waals surface area contributed by atoms with E-state index in [4.69, 9.17) is 5.14 Å². The van der Waals surface area contributed by atoms with Crippen LogP contribution in [-0.4, -0.2) is 22.6 Å². The largest absolute Gasteiger partial charge is 0.283 e. The molecule has 0 bridgehead atoms. The first-order valence-electron chi connectivity index (χ1n) is 4.79. The van der Waals surface area contributed by atoms with Gasteiger partial charge < -0.3 is 0 Å². The Morgan fingerprint density at radius 3 is 2.29 bits per heavy atom. The first kappa shape index (κ1) is 13.9. The van der Waals surface area contributed by atoms with Gasteiger partial charge in [-0.25, -0.2) is 22.0 Å². The number of hydrogen-bond donors (Lipinski definition) is 2. The zero-order chi connectivity index (χ0) is 13.3. The summed E-state index contributed by atoms with van der Waals surface area (Å²) in [4.78, 5) is -0.128. The molecule has 0 fully saturated rings. The van der Waals surface area contributed by atoms with Crippen LogP contribution in [0.4, 0.5) is 5.69 Å². The predicted molar refractivity (Wildman–Crippen MR) is 65.6 cm³/mol. The molecule has 0 aliphatic carbocycles. The SMILES string of the molecule is CCS(=O)(=O)Nc1cc(S(N)(=O)=O)ccc1C. The van der Waals surface area contributed by atoms with Gasteiger partial charge in [0.25, 0.3) is 0 Å². The second kappa shape index (κ2) is 4.63. The van der Waals surface area contributed by atoms with E-state index in [1.54, 1.807) is 6.92 Å². The number of sulfonamides is 2. The lowest BCUT2D eigenvalue weighted by Crippen LogP contribution is -2.17. The van der Waals surface area contributed by atoms with Gasteiger partial charge >= 0.3 is 0 Å². The molecule has 0 radical (unpaired) electrons. The topological polar surface area (TPSA) is 106 Å². The van der Waals surface area contributed by atoms with E-state index >= 15 is 0 Å². The third-order valence-electron chi connectivity index (χ3n) is 2.18. The maximum Gasteiger partial charge on any atom is 0.238 e. The van der Waals surface area contributed by atoms with Crippen molar-refractivity contribution in [2.45, 2.75) is 18.7 Å². The first-order valence-corrected chi connectivity index (χ1v) is 7.99. The Balaban J connectivity index is 3.26. The average molecular weight is 278 g/mol. The molecule has 0 spiro atoms. The molecule has 0 saturated heterocycles. The van der Waals surface area contributed by atoms with E-state index in [2.05, 4.69) is 4.72 Å². The van der Waals surface area contributed by atoms with Crippen molar-refractivity contribution in [3.05, 3.63) is 23.8 Å². The van der Waals surface area contributed by atoms with Gasteiger partial charge in [0, 0.05) is 0 Å². The van der Waals surface area contributed by atoms with Crippen LogP contribution in [0.25, 0.3) is 0 Å². The number of rotatable bonds is 4. The van der Waals surface area contributed by atoms with Crippen LogP contribution in [0, 0.1) is 6.92 Å². The summed E-state index contributed by atoms with van der Waals surface area (Å²) in [5.41, 5.74) is 0.841. The molecule has 0 atom stereocenters. The Kier molecular flexibility index (Phi) is 3.80. The number of nitrogens with two attached hydrogens (primary N) is 1. The van der Waals surface area contributed by atoms with Crippen LogP contribution < -0.4 is 9.86 Å². The van der Waals surface area contributed by atoms with Gasteiger partial charge in [0.1, 0.15) is 0 Å². The molecule has 0 heterocycles. The lowest BCUT2D eigenvalue weighted by Gasteiger charge is -2.10. The highest BCUT2D eigenvalue weighted by Crippen LogP contribution is 2.20. The molecule has 96 valence electrons. The number of nitrogens with one attached hydrogen (secondary N) is 1. The maximum absolute atomic E-state index is 11.4. The second-order valence-corrected chi connectivity index (χ2v) is 7.10. The Morgan fingerprint density at radius 2 is 1.82 bits per heavy atom. The fourth-order valence-corrected chi connectivity index (χ4v) is 2.37. The molecule has 6 nitrogen and oxygen atoms in total. The Morgan fingerprint density at radius 1 is 1.24 bits per heavy atom. The molecule has 0 unspecified atom stereocenters. The fraction of sp³-hybridized carbons (Fsp3) is 0.333. The van der Waals surface area contributed by atoms with Crippen LogP contribution in [0.15, 0.2) is 23.1 Å². The molecular weight excluding hydrogens is 264 g/mol. The van der Waals surface area contributed by atoms with Crippen LogP contribution in [-0.2, 0) is 20.0 Å². The summed E-state index contributed by atoms with van der Waals surface area (Å²) in [6, 6.07) is 4.03. The number of anilines is 1. The number of aryl methyl sites for hydroxylation is 1. The normalized spacial score (nSPS) is 12.4. The smallest absolute Gasteiger partial charge is 0.238 e. The van der Waals surface area contributed by atoms with Gasteiger partial charge in [0.05, 0.1) is 16.3 Å². The molecular formula is C9H14N2O4S2. The van der Waals surface area contributed by atoms with Crippen molar-refractivity contribution in [1.82, 2.24) is 0 Å². The Labute approximate surface area is 101 Å². The standard InChI is InChI=1S/C9H14N2O4S2/c1-3-16(12,13)11-9-6-8(17(10,14)15)5-4-7(9)2/h4-6,11H,3H2,1-2H3,(H2,10,14,15). The van der Waals surface area contributed by atoms with Gasteiger partial charge in [0.2, 0.25) is 20.0 Å². The first-order chi connectivity index (χ1) is 7.65. The molecule has 0 amide bonds. The van der Waals surface area contributed by atoms with Gasteiger partial charge in [-0.2, -0.15) is 0 Å². The highest BCUT2D eigenvalue weighted by molar-refractivity contribution is 7.92. The number of hydrogen-bond acceptors (Lipinski definition) is 4. The number of benzene rings is 1. The van der Waals surface area contributed by atoms with E-state index in [1.807, 2.05) is 0 Å². The zero-order valence-corrected chi connectivity index (χ0v) is 11.1. The summed E-state index contributed by atoms with van der Waals surface area (Å²) in [5.74, 6) is -0.0912. The molecule has 1 aromatic carbocycles. The molecule has 1 aromatic rings. The van der Waals surface area contributed by atoms with Crippen molar-refractivity contribution in [3.63, 3.8) is 0 Å². The van der Waals surface area contributed by atoms with Crippen LogP contribution >= 0.6 is 0 Å². The van der Waals surface area contributed by atoms with Crippen molar-refractivity contribution in [3.8, 4) is 0 Å². The van der Waals surface area contributed by atoms with Crippen molar-refractivity contribution < 1.29 is 16.8 Å². The molecule has 17 heavy (non-hydrogen) atoms. The van der Waals surface area contributed by atoms with E-state index in [0.717, 1.165) is 0 Å². The maximum atomic E-state index is 11.4. The van der Waals surface area contributed by atoms with E-state index in [0.29, 0.717) is 5.56 Å². The van der Waals surface area contributed by atoms with Gasteiger partial charge in [-0.05, 0) is 31.5 Å². The van der Waals surface area contributed by atoms with Crippen molar-refractivity contribution in [1.29, 1.82) is 0 Å². The molecule has 0 aliphatic heterocycles. The van der Waals surface area contributed by atoms with Gasteiger partial charge in [-0.1, -0.05) is 6.07 Å². The second-order valence-electron chi connectivity index (χ2n) is 3.53. The summed E-state index contributed by atoms with van der Waals surface area (Å²) in [6.45, 7) is 3.15. The third-order valence-corrected chi connectivity index (χ3v) is 4.39. The summed E-state index contributed by atoms with van der Waals surface area (Å²) >= 11 is 0. The van der Waals surface area contributed by atoms with Gasteiger partial charge in [0.15, 0.2) is 0 Å². The third kappa shape index (κ3) is 3.69. The molecule has 3 N–H and O–H groups in total. The van der Waals surface area contributed by atoms with Gasteiger partial charge in [-0.3, -0.25) is 4.72 Å². The van der Waals surface area contributed by atoms with E-state index in [9.17, 15) is 16.8 Å². The highest BCUT2D eigenvalue weighted by atomic mass is 32.2. The summed E-state index contributed by atoms with van der Waals surface area (Å²) in [5, 5.41) is 4.97. The summed E-state index contributed by atoms with van der Waals surface area (Å²) < 4.78 is 47.3. The molecule has 0 aliphatic rings. The van der Waals surface area contributed by atoms with Crippen molar-refractivity contribution >= 4 is 25.7 Å². The van der Waals surface area contributed by atoms with Crippen molar-refractivity contribution in [2.75, 3.05) is 10.5 Å². The van der Waals surface area contributed by atoms with E-state index in [1.165, 1.54) is 25.1 Å². The zero-order valence-electron chi connectivity index (χ0n) is 9.47. The monoisotopic (exact) mass is 278 g/mol. The minimum Gasteiger partial charge on any atom is -0.283 e. The lowest BCUT2D eigenvalue weighted by molar-refractivity contribution is 0.596. The summed E-state index contributed by atoms with van der Waals surface area (Å²) in [7, 11) is -7.28. The Hall–Kier alpha value is -1.12. The van der Waals surface area contributed by atoms with E-state index in [-0.39, 0.29) is 16.3 Å². The van der Waals surface area contributed by atoms with E-state index < -0.39 is 20.0 Å².